The molecule has 282 valence electrons. The molecule has 51 heavy (non-hydrogen) atoms. The third-order valence-electron chi connectivity index (χ3n) is 11.4. The number of ether oxygens (including phenoxy) is 2. The van der Waals surface area contributed by atoms with E-state index in [0.717, 1.165) is 30.6 Å². The van der Waals surface area contributed by atoms with Crippen LogP contribution in [0.3, 0.4) is 0 Å². The van der Waals surface area contributed by atoms with E-state index in [1.165, 1.54) is 7.11 Å². The Morgan fingerprint density at radius 3 is 2.22 bits per heavy atom. The van der Waals surface area contributed by atoms with Gasteiger partial charge < -0.3 is 23.2 Å². The highest BCUT2D eigenvalue weighted by atomic mass is 28.4. The van der Waals surface area contributed by atoms with E-state index in [2.05, 4.69) is 65.2 Å². The smallest absolute Gasteiger partial charge is 0.411 e. The summed E-state index contributed by atoms with van der Waals surface area (Å²) in [5, 5.41) is 0. The van der Waals surface area contributed by atoms with E-state index >= 15 is 0 Å². The Labute approximate surface area is 308 Å². The number of furan rings is 1. The SMILES string of the molecule is CC#CCCCCN1CC23C[C@H](CO[Si](C(C)C)(C(C)C)C(C)C)N(C(=O)OC(C)(C)C)C2c2oc(CCC#CC)cc2C3C(C(=O)OC)C1=O. The third-order valence-corrected chi connectivity index (χ3v) is 17.5. The van der Waals surface area contributed by atoms with E-state index < -0.39 is 49.3 Å². The van der Waals surface area contributed by atoms with Gasteiger partial charge in [0.05, 0.1) is 19.8 Å². The van der Waals surface area contributed by atoms with Gasteiger partial charge in [0.2, 0.25) is 5.91 Å². The van der Waals surface area contributed by atoms with Crippen LogP contribution in [0.15, 0.2) is 10.5 Å². The minimum atomic E-state index is -2.33. The van der Waals surface area contributed by atoms with Gasteiger partial charge in [0.15, 0.2) is 8.32 Å². The minimum Gasteiger partial charge on any atom is -0.468 e. The van der Waals surface area contributed by atoms with Crippen molar-refractivity contribution in [3.8, 4) is 23.7 Å². The quantitative estimate of drug-likeness (QED) is 0.0663. The molecule has 1 spiro atoms. The van der Waals surface area contributed by atoms with E-state index in [1.54, 1.807) is 0 Å². The topological polar surface area (TPSA) is 98.5 Å². The zero-order chi connectivity index (χ0) is 37.9. The highest BCUT2D eigenvalue weighted by Gasteiger charge is 2.71. The highest BCUT2D eigenvalue weighted by molar-refractivity contribution is 6.77. The monoisotopic (exact) mass is 722 g/mol. The van der Waals surface area contributed by atoms with Crippen molar-refractivity contribution in [3.63, 3.8) is 0 Å². The second kappa shape index (κ2) is 16.2. The van der Waals surface area contributed by atoms with E-state index in [1.807, 2.05) is 50.5 Å². The Bertz CT molecular complexity index is 1530. The lowest BCUT2D eigenvalue weighted by molar-refractivity contribution is -0.163. The lowest BCUT2D eigenvalue weighted by Gasteiger charge is -2.47. The number of hydrogen-bond donors (Lipinski definition) is 0. The van der Waals surface area contributed by atoms with Gasteiger partial charge in [-0.1, -0.05) is 41.5 Å². The molecule has 2 fully saturated rings. The molecule has 3 aliphatic rings. The van der Waals surface area contributed by atoms with Crippen LogP contribution >= 0.6 is 0 Å². The molecule has 4 unspecified atom stereocenters. The molecular weight excluding hydrogens is 661 g/mol. The summed E-state index contributed by atoms with van der Waals surface area (Å²) in [6, 6.07) is 1.07. The van der Waals surface area contributed by atoms with E-state index in [-0.39, 0.29) is 11.9 Å². The molecule has 2 amide bonds. The fourth-order valence-electron chi connectivity index (χ4n) is 9.67. The predicted molar refractivity (Wildman–Crippen MR) is 201 cm³/mol. The van der Waals surface area contributed by atoms with Gasteiger partial charge in [-0.2, -0.15) is 0 Å². The molecule has 0 aromatic carbocycles. The molecule has 0 radical (unpaired) electrons. The second-order valence-electron chi connectivity index (χ2n) is 16.6. The number of carbonyl (C=O) groups excluding carboxylic acids is 3. The molecule has 0 saturated carbocycles. The van der Waals surface area contributed by atoms with Gasteiger partial charge in [0.25, 0.3) is 0 Å². The minimum absolute atomic E-state index is 0.236. The number of piperidine rings is 1. The van der Waals surface area contributed by atoms with Crippen LogP contribution in [0, 0.1) is 35.0 Å². The maximum absolute atomic E-state index is 14.5. The number of carbonyl (C=O) groups is 3. The summed E-state index contributed by atoms with van der Waals surface area (Å²) in [6.45, 7) is 24.0. The summed E-state index contributed by atoms with van der Waals surface area (Å²) in [6.07, 6.45) is 3.60. The van der Waals surface area contributed by atoms with Gasteiger partial charge in [-0.25, -0.2) is 4.79 Å². The number of aryl methyl sites for hydroxylation is 1. The van der Waals surface area contributed by atoms with Gasteiger partial charge in [0, 0.05) is 49.2 Å². The predicted octanol–water partition coefficient (Wildman–Crippen LogP) is 8.39. The zero-order valence-electron chi connectivity index (χ0n) is 33.2. The summed E-state index contributed by atoms with van der Waals surface area (Å²) in [4.78, 5) is 46.4. The molecule has 0 N–H and O–H groups in total. The molecule has 9 nitrogen and oxygen atoms in total. The van der Waals surface area contributed by atoms with Gasteiger partial charge in [-0.3, -0.25) is 14.5 Å². The summed E-state index contributed by atoms with van der Waals surface area (Å²) in [5.74, 6) is 11.1. The number of methoxy groups -OCH3 is 1. The molecule has 5 atom stereocenters. The van der Waals surface area contributed by atoms with Crippen LogP contribution in [0.2, 0.25) is 16.6 Å². The van der Waals surface area contributed by atoms with Crippen LogP contribution in [-0.2, 0) is 29.9 Å². The number of unbranched alkanes of at least 4 members (excludes halogenated alkanes) is 2. The Morgan fingerprint density at radius 1 is 1.02 bits per heavy atom. The van der Waals surface area contributed by atoms with Crippen molar-refractivity contribution < 1.29 is 32.7 Å². The first-order chi connectivity index (χ1) is 24.0. The lowest BCUT2D eigenvalue weighted by Crippen LogP contribution is -2.57. The molecule has 10 heteroatoms. The third kappa shape index (κ3) is 7.79. The van der Waals surface area contributed by atoms with Crippen LogP contribution in [0.5, 0.6) is 0 Å². The fourth-order valence-corrected chi connectivity index (χ4v) is 15.2. The van der Waals surface area contributed by atoms with Crippen LogP contribution in [0.25, 0.3) is 0 Å². The number of hydrogen-bond acceptors (Lipinski definition) is 7. The van der Waals surface area contributed by atoms with Crippen molar-refractivity contribution in [3.05, 3.63) is 23.2 Å². The number of fused-ring (bicyclic) bond motifs is 3. The maximum atomic E-state index is 14.5. The molecule has 2 saturated heterocycles. The molecule has 4 rings (SSSR count). The van der Waals surface area contributed by atoms with Crippen LogP contribution < -0.4 is 0 Å². The second-order valence-corrected chi connectivity index (χ2v) is 22.1. The number of amides is 2. The Hall–Kier alpha value is -3.21. The Kier molecular flexibility index (Phi) is 12.9. The van der Waals surface area contributed by atoms with Crippen molar-refractivity contribution >= 4 is 26.3 Å². The molecule has 2 aliphatic heterocycles. The largest absolute Gasteiger partial charge is 0.468 e. The van der Waals surface area contributed by atoms with Crippen LogP contribution in [0.1, 0.15) is 137 Å². The van der Waals surface area contributed by atoms with Crippen molar-refractivity contribution in [2.24, 2.45) is 11.3 Å². The molecule has 3 heterocycles. The van der Waals surface area contributed by atoms with E-state index in [0.29, 0.717) is 61.3 Å². The first-order valence-corrected chi connectivity index (χ1v) is 21.1. The van der Waals surface area contributed by atoms with Crippen molar-refractivity contribution in [2.45, 2.75) is 155 Å². The molecule has 1 aromatic heterocycles. The lowest BCUT2D eigenvalue weighted by atomic mass is 9.63. The van der Waals surface area contributed by atoms with Crippen LogP contribution in [-0.4, -0.2) is 74.5 Å². The highest BCUT2D eigenvalue weighted by Crippen LogP contribution is 2.68. The molecule has 0 bridgehead atoms. The number of rotatable bonds is 13. The van der Waals surface area contributed by atoms with E-state index in [9.17, 15) is 14.4 Å². The molecular formula is C41H62N2O7Si. The summed E-state index contributed by atoms with van der Waals surface area (Å²) < 4.78 is 25.5. The number of likely N-dealkylation sites (tertiary alicyclic amines) is 2. The van der Waals surface area contributed by atoms with Crippen molar-refractivity contribution in [1.29, 1.82) is 0 Å². The van der Waals surface area contributed by atoms with Gasteiger partial charge in [-0.15, -0.1) is 23.7 Å². The standard InChI is InChI=1S/C41H62N2O7Si/c1-13-15-17-18-20-22-42-26-41-24-30(25-48-51(27(3)4,28(5)6)29(7)8)43(39(46)50-40(9,10)11)36(41)35-32(23-31(49-35)21-19-16-14-2)34(41)33(37(42)44)38(45)47-12/h23,27-30,33-34,36H,17-22,24-26H2,1-12H3/t30-,33?,34?,36?,41?/m1/s1. The molecule has 1 aromatic rings. The number of esters is 1. The summed E-state index contributed by atoms with van der Waals surface area (Å²) in [7, 11) is -0.988. The average molecular weight is 723 g/mol. The molecule has 1 aliphatic carbocycles. The first kappa shape index (κ1) is 40.6. The fraction of sp³-hybridized carbons (Fsp3) is 0.732. The summed E-state index contributed by atoms with van der Waals surface area (Å²) in [5.41, 5.74) is 0.414. The van der Waals surface area contributed by atoms with Crippen molar-refractivity contribution in [1.82, 2.24) is 9.80 Å². The normalized spacial score (nSPS) is 24.2. The van der Waals surface area contributed by atoms with Gasteiger partial charge in [0.1, 0.15) is 29.1 Å². The maximum Gasteiger partial charge on any atom is 0.411 e. The summed E-state index contributed by atoms with van der Waals surface area (Å²) >= 11 is 0. The zero-order valence-corrected chi connectivity index (χ0v) is 34.2. The first-order valence-electron chi connectivity index (χ1n) is 18.9. The van der Waals surface area contributed by atoms with E-state index in [4.69, 9.17) is 18.3 Å². The van der Waals surface area contributed by atoms with Gasteiger partial charge in [-0.05, 0) is 76.6 Å². The average Bonchev–Trinajstić information content (AvgIpc) is 3.65. The van der Waals surface area contributed by atoms with Crippen LogP contribution in [0.4, 0.5) is 4.79 Å². The van der Waals surface area contributed by atoms with Gasteiger partial charge >= 0.3 is 12.1 Å². The number of nitrogens with zero attached hydrogens (tertiary/aromatic N) is 2. The van der Waals surface area contributed by atoms with Crippen molar-refractivity contribution in [2.75, 3.05) is 26.8 Å². The Balaban J connectivity index is 1.90. The Morgan fingerprint density at radius 2 is 1.65 bits per heavy atom.